The molecule has 110 valence electrons. The van der Waals surface area contributed by atoms with Crippen molar-refractivity contribution in [2.45, 2.75) is 38.1 Å². The smallest absolute Gasteiger partial charge is 0.119 e. The fourth-order valence-corrected chi connectivity index (χ4v) is 3.39. The third-order valence-corrected chi connectivity index (χ3v) is 4.63. The number of aryl methyl sites for hydroxylation is 1. The fraction of sp³-hybridized carbons (Fsp3) is 0.647. The third kappa shape index (κ3) is 3.15. The second-order valence-corrected chi connectivity index (χ2v) is 5.98. The van der Waals surface area contributed by atoms with Crippen molar-refractivity contribution >= 4 is 0 Å². The summed E-state index contributed by atoms with van der Waals surface area (Å²) in [6.07, 6.45) is 6.19. The Morgan fingerprint density at radius 2 is 2.30 bits per heavy atom. The molecule has 1 aliphatic heterocycles. The Kier molecular flexibility index (Phi) is 4.58. The Morgan fingerprint density at radius 3 is 3.10 bits per heavy atom. The highest BCUT2D eigenvalue weighted by atomic mass is 16.5. The zero-order valence-corrected chi connectivity index (χ0v) is 12.4. The highest BCUT2D eigenvalue weighted by Gasteiger charge is 2.21. The van der Waals surface area contributed by atoms with Gasteiger partial charge in [0.1, 0.15) is 5.75 Å². The van der Waals surface area contributed by atoms with E-state index < -0.39 is 0 Å². The van der Waals surface area contributed by atoms with Crippen LogP contribution in [0.1, 0.15) is 42.9 Å². The molecular weight excluding hydrogens is 250 g/mol. The van der Waals surface area contributed by atoms with Crippen LogP contribution in [0.15, 0.2) is 18.2 Å². The normalized spacial score (nSPS) is 25.4. The first-order valence-corrected chi connectivity index (χ1v) is 7.85. The molecule has 0 bridgehead atoms. The van der Waals surface area contributed by atoms with Gasteiger partial charge < -0.3 is 14.8 Å². The molecule has 3 heteroatoms. The molecule has 0 spiro atoms. The van der Waals surface area contributed by atoms with Gasteiger partial charge in [0.05, 0.1) is 7.11 Å². The van der Waals surface area contributed by atoms with Crippen LogP contribution in [0.4, 0.5) is 0 Å². The number of ether oxygens (including phenoxy) is 2. The topological polar surface area (TPSA) is 30.5 Å². The predicted molar refractivity (Wildman–Crippen MR) is 80.2 cm³/mol. The van der Waals surface area contributed by atoms with E-state index in [9.17, 15) is 0 Å². The summed E-state index contributed by atoms with van der Waals surface area (Å²) in [7, 11) is 1.74. The van der Waals surface area contributed by atoms with Gasteiger partial charge >= 0.3 is 0 Å². The van der Waals surface area contributed by atoms with Crippen molar-refractivity contribution in [2.75, 3.05) is 26.9 Å². The Hall–Kier alpha value is -1.06. The molecule has 1 aromatic carbocycles. The largest absolute Gasteiger partial charge is 0.497 e. The number of methoxy groups -OCH3 is 1. The van der Waals surface area contributed by atoms with Gasteiger partial charge in [-0.25, -0.2) is 0 Å². The molecule has 0 aromatic heterocycles. The van der Waals surface area contributed by atoms with Crippen molar-refractivity contribution in [3.05, 3.63) is 29.3 Å². The van der Waals surface area contributed by atoms with E-state index in [1.165, 1.54) is 43.2 Å². The highest BCUT2D eigenvalue weighted by Crippen LogP contribution is 2.32. The predicted octanol–water partition coefficient (Wildman–Crippen LogP) is 3.09. The van der Waals surface area contributed by atoms with Gasteiger partial charge in [-0.15, -0.1) is 0 Å². The molecule has 0 saturated carbocycles. The van der Waals surface area contributed by atoms with Gasteiger partial charge in [0.25, 0.3) is 0 Å². The molecule has 1 fully saturated rings. The van der Waals surface area contributed by atoms with Crippen LogP contribution in [0.25, 0.3) is 0 Å². The first kappa shape index (κ1) is 13.9. The lowest BCUT2D eigenvalue weighted by Gasteiger charge is -2.27. The maximum atomic E-state index is 5.44. The molecule has 3 nitrogen and oxygen atoms in total. The number of fused-ring (bicyclic) bond motifs is 1. The number of rotatable bonds is 5. The van der Waals surface area contributed by atoms with E-state index in [-0.39, 0.29) is 0 Å². The monoisotopic (exact) mass is 275 g/mol. The Morgan fingerprint density at radius 1 is 1.35 bits per heavy atom. The van der Waals surface area contributed by atoms with E-state index >= 15 is 0 Å². The second kappa shape index (κ2) is 6.59. The maximum Gasteiger partial charge on any atom is 0.119 e. The fourth-order valence-electron chi connectivity index (χ4n) is 3.39. The zero-order valence-electron chi connectivity index (χ0n) is 12.4. The van der Waals surface area contributed by atoms with E-state index in [2.05, 4.69) is 23.5 Å². The Balaban J connectivity index is 1.60. The minimum atomic E-state index is 0.496. The molecule has 2 unspecified atom stereocenters. The summed E-state index contributed by atoms with van der Waals surface area (Å²) in [4.78, 5) is 0. The van der Waals surface area contributed by atoms with Crippen molar-refractivity contribution < 1.29 is 9.47 Å². The zero-order chi connectivity index (χ0) is 13.8. The Labute approximate surface area is 121 Å². The summed E-state index contributed by atoms with van der Waals surface area (Å²) in [5.74, 6) is 1.73. The quantitative estimate of drug-likeness (QED) is 0.895. The van der Waals surface area contributed by atoms with Crippen molar-refractivity contribution in [3.63, 3.8) is 0 Å². The molecule has 1 aliphatic carbocycles. The third-order valence-electron chi connectivity index (χ3n) is 4.63. The van der Waals surface area contributed by atoms with Gasteiger partial charge in [0.2, 0.25) is 0 Å². The molecule has 1 saturated heterocycles. The van der Waals surface area contributed by atoms with Crippen LogP contribution in [-0.2, 0) is 11.2 Å². The molecule has 1 heterocycles. The lowest BCUT2D eigenvalue weighted by Crippen LogP contribution is -2.27. The van der Waals surface area contributed by atoms with Crippen LogP contribution in [-0.4, -0.2) is 26.9 Å². The summed E-state index contributed by atoms with van der Waals surface area (Å²) >= 11 is 0. The van der Waals surface area contributed by atoms with E-state index in [0.717, 1.165) is 31.4 Å². The molecule has 20 heavy (non-hydrogen) atoms. The number of hydrogen-bond donors (Lipinski definition) is 1. The minimum Gasteiger partial charge on any atom is -0.497 e. The van der Waals surface area contributed by atoms with Crippen LogP contribution in [0.3, 0.4) is 0 Å². The van der Waals surface area contributed by atoms with Crippen LogP contribution >= 0.6 is 0 Å². The number of nitrogens with one attached hydrogen (secondary N) is 1. The first-order valence-electron chi connectivity index (χ1n) is 7.85. The van der Waals surface area contributed by atoms with E-state index in [0.29, 0.717) is 6.04 Å². The molecule has 0 radical (unpaired) electrons. The van der Waals surface area contributed by atoms with E-state index in [4.69, 9.17) is 9.47 Å². The van der Waals surface area contributed by atoms with E-state index in [1.54, 1.807) is 7.11 Å². The number of hydrogen-bond acceptors (Lipinski definition) is 3. The first-order chi connectivity index (χ1) is 9.86. The summed E-state index contributed by atoms with van der Waals surface area (Å²) in [5.41, 5.74) is 2.93. The molecule has 1 aromatic rings. The lowest BCUT2D eigenvalue weighted by molar-refractivity contribution is 0.184. The van der Waals surface area contributed by atoms with Crippen molar-refractivity contribution in [3.8, 4) is 5.75 Å². The molecule has 1 N–H and O–H groups in total. The summed E-state index contributed by atoms with van der Waals surface area (Å²) in [6, 6.07) is 7.02. The molecule has 3 rings (SSSR count). The van der Waals surface area contributed by atoms with Gasteiger partial charge in [-0.1, -0.05) is 6.07 Å². The minimum absolute atomic E-state index is 0.496. The SMILES string of the molecule is COc1ccc2c(c1)C(NCCC1CCOC1)CCC2. The summed E-state index contributed by atoms with van der Waals surface area (Å²) in [5, 5.41) is 3.74. The summed E-state index contributed by atoms with van der Waals surface area (Å²) in [6.45, 7) is 3.00. The van der Waals surface area contributed by atoms with Gasteiger partial charge in [-0.2, -0.15) is 0 Å². The van der Waals surface area contributed by atoms with Gasteiger partial charge in [0.15, 0.2) is 0 Å². The van der Waals surface area contributed by atoms with Crippen molar-refractivity contribution in [1.29, 1.82) is 0 Å². The molecule has 2 atom stereocenters. The second-order valence-electron chi connectivity index (χ2n) is 5.98. The lowest BCUT2D eigenvalue weighted by atomic mass is 9.87. The van der Waals surface area contributed by atoms with Crippen LogP contribution < -0.4 is 10.1 Å². The van der Waals surface area contributed by atoms with Gasteiger partial charge in [-0.3, -0.25) is 0 Å². The van der Waals surface area contributed by atoms with E-state index in [1.807, 2.05) is 0 Å². The van der Waals surface area contributed by atoms with Gasteiger partial charge in [-0.05, 0) is 67.8 Å². The van der Waals surface area contributed by atoms with Crippen molar-refractivity contribution in [2.24, 2.45) is 5.92 Å². The average molecular weight is 275 g/mol. The highest BCUT2D eigenvalue weighted by molar-refractivity contribution is 5.39. The van der Waals surface area contributed by atoms with Crippen molar-refractivity contribution in [1.82, 2.24) is 5.32 Å². The maximum absolute atomic E-state index is 5.44. The molecule has 0 amide bonds. The van der Waals surface area contributed by atoms with Gasteiger partial charge in [0, 0.05) is 19.3 Å². The standard InChI is InChI=1S/C17H25NO2/c1-19-15-6-5-14-3-2-4-17(16(14)11-15)18-9-7-13-8-10-20-12-13/h5-6,11,13,17-18H,2-4,7-10,12H2,1H3. The summed E-state index contributed by atoms with van der Waals surface area (Å²) < 4.78 is 10.8. The Bertz CT molecular complexity index is 441. The average Bonchev–Trinajstić information content (AvgIpc) is 3.00. The number of benzene rings is 1. The van der Waals surface area contributed by atoms with Crippen LogP contribution in [0, 0.1) is 5.92 Å². The van der Waals surface area contributed by atoms with Crippen LogP contribution in [0.5, 0.6) is 5.75 Å². The molecule has 2 aliphatic rings. The molecular formula is C17H25NO2. The van der Waals surface area contributed by atoms with Crippen LogP contribution in [0.2, 0.25) is 0 Å².